The molecule has 0 spiro atoms. The molecule has 0 N–H and O–H groups in total. The first-order chi connectivity index (χ1) is 9.56. The summed E-state index contributed by atoms with van der Waals surface area (Å²) in [7, 11) is -0.301. The van der Waals surface area contributed by atoms with E-state index >= 15 is 0 Å². The quantitative estimate of drug-likeness (QED) is 0.731. The van der Waals surface area contributed by atoms with Gasteiger partial charge >= 0.3 is 7.12 Å². The van der Waals surface area contributed by atoms with Gasteiger partial charge in [0, 0.05) is 0 Å². The third-order valence-electron chi connectivity index (χ3n) is 4.30. The summed E-state index contributed by atoms with van der Waals surface area (Å²) >= 11 is 0. The van der Waals surface area contributed by atoms with Crippen molar-refractivity contribution in [2.45, 2.75) is 40.0 Å². The maximum absolute atomic E-state index is 5.77. The lowest BCUT2D eigenvalue weighted by molar-refractivity contribution is 0.376. The van der Waals surface area contributed by atoms with E-state index in [1.54, 1.807) is 0 Å². The molecule has 1 heterocycles. The zero-order chi connectivity index (χ0) is 14.2. The average molecular weight is 268 g/mol. The maximum atomic E-state index is 5.77. The summed E-state index contributed by atoms with van der Waals surface area (Å²) in [6.45, 7) is 6.88. The Labute approximate surface area is 121 Å². The third kappa shape index (κ3) is 2.49. The Kier molecular flexibility index (Phi) is 3.37. The van der Waals surface area contributed by atoms with Gasteiger partial charge in [-0.05, 0) is 55.3 Å². The summed E-state index contributed by atoms with van der Waals surface area (Å²) in [6.07, 6.45) is 5.94. The molecule has 3 rings (SSSR count). The van der Waals surface area contributed by atoms with E-state index in [9.17, 15) is 0 Å². The van der Waals surface area contributed by atoms with Gasteiger partial charge in [0.15, 0.2) is 0 Å². The second kappa shape index (κ2) is 5.04. The minimum atomic E-state index is -0.301. The van der Waals surface area contributed by atoms with Crippen LogP contribution in [0.25, 0.3) is 0 Å². The Balaban J connectivity index is 1.76. The molecule has 0 radical (unpaired) electrons. The second-order valence-corrected chi connectivity index (χ2v) is 6.34. The maximum Gasteiger partial charge on any atom is 0.625 e. The fraction of sp³-hybridized carbons (Fsp3) is 0.412. The van der Waals surface area contributed by atoms with Gasteiger partial charge in [0.1, 0.15) is 11.5 Å². The summed E-state index contributed by atoms with van der Waals surface area (Å²) in [6, 6.07) is 7.81. The van der Waals surface area contributed by atoms with E-state index in [0.717, 1.165) is 11.5 Å². The summed E-state index contributed by atoms with van der Waals surface area (Å²) in [5.41, 5.74) is 3.18. The smallest absolute Gasteiger partial charge is 0.520 e. The van der Waals surface area contributed by atoms with Crippen LogP contribution in [0.3, 0.4) is 0 Å². The Bertz CT molecular complexity index is 547. The molecule has 0 saturated heterocycles. The fourth-order valence-corrected chi connectivity index (χ4v) is 3.18. The van der Waals surface area contributed by atoms with Crippen LogP contribution in [-0.2, 0) is 0 Å². The number of benzene rings is 1. The summed E-state index contributed by atoms with van der Waals surface area (Å²) in [5, 5.41) is 0. The molecule has 0 amide bonds. The number of para-hydroxylation sites is 2. The minimum absolute atomic E-state index is 0.254. The standard InChI is InChI=1S/C17H21BO2/c1-13-7-6-11-17(2,3)14(13)10-12-18-19-15-8-4-5-9-16(15)20-18/h4-5,8-10,12H,6-7,11H2,1-3H3/b12-10+. The predicted molar refractivity (Wildman–Crippen MR) is 82.9 cm³/mol. The van der Waals surface area contributed by atoms with Crippen molar-refractivity contribution in [3.05, 3.63) is 47.5 Å². The topological polar surface area (TPSA) is 18.5 Å². The van der Waals surface area contributed by atoms with Crippen molar-refractivity contribution in [3.8, 4) is 11.5 Å². The Morgan fingerprint density at radius 3 is 2.40 bits per heavy atom. The highest BCUT2D eigenvalue weighted by Crippen LogP contribution is 2.41. The van der Waals surface area contributed by atoms with Crippen LogP contribution in [0.5, 0.6) is 11.5 Å². The largest absolute Gasteiger partial charge is 0.625 e. The number of fused-ring (bicyclic) bond motifs is 1. The molecule has 0 fully saturated rings. The molecular weight excluding hydrogens is 247 g/mol. The molecule has 2 nitrogen and oxygen atoms in total. The van der Waals surface area contributed by atoms with Gasteiger partial charge in [-0.25, -0.2) is 0 Å². The third-order valence-corrected chi connectivity index (χ3v) is 4.30. The molecule has 1 aliphatic carbocycles. The normalized spacial score (nSPS) is 20.9. The first kappa shape index (κ1) is 13.4. The molecule has 0 atom stereocenters. The van der Waals surface area contributed by atoms with Gasteiger partial charge in [0.05, 0.1) is 0 Å². The lowest BCUT2D eigenvalue weighted by atomic mass is 9.71. The van der Waals surface area contributed by atoms with Crippen LogP contribution in [0.15, 0.2) is 47.5 Å². The molecule has 1 aliphatic heterocycles. The van der Waals surface area contributed by atoms with Crippen molar-refractivity contribution in [2.75, 3.05) is 0 Å². The van der Waals surface area contributed by atoms with E-state index in [-0.39, 0.29) is 12.5 Å². The van der Waals surface area contributed by atoms with E-state index in [0.29, 0.717) is 0 Å². The first-order valence-electron chi connectivity index (χ1n) is 7.37. The van der Waals surface area contributed by atoms with Crippen LogP contribution < -0.4 is 9.31 Å². The molecule has 2 aliphatic rings. The highest BCUT2D eigenvalue weighted by atomic mass is 16.6. The van der Waals surface area contributed by atoms with Gasteiger partial charge in [-0.3, -0.25) is 0 Å². The number of rotatable bonds is 2. The monoisotopic (exact) mass is 268 g/mol. The molecule has 0 unspecified atom stereocenters. The van der Waals surface area contributed by atoms with Crippen molar-refractivity contribution in [3.63, 3.8) is 0 Å². The van der Waals surface area contributed by atoms with E-state index in [1.165, 1.54) is 30.4 Å². The summed E-state index contributed by atoms with van der Waals surface area (Å²) in [5.74, 6) is 3.69. The Morgan fingerprint density at radius 2 is 1.80 bits per heavy atom. The molecule has 104 valence electrons. The van der Waals surface area contributed by atoms with Gasteiger partial charge in [-0.15, -0.1) is 0 Å². The molecule has 0 bridgehead atoms. The van der Waals surface area contributed by atoms with Crippen LogP contribution in [0.4, 0.5) is 0 Å². The lowest BCUT2D eigenvalue weighted by Gasteiger charge is -2.32. The van der Waals surface area contributed by atoms with Gasteiger partial charge in [-0.2, -0.15) is 0 Å². The summed E-state index contributed by atoms with van der Waals surface area (Å²) in [4.78, 5) is 0. The van der Waals surface area contributed by atoms with Crippen LogP contribution in [0, 0.1) is 5.41 Å². The van der Waals surface area contributed by atoms with Crippen molar-refractivity contribution in [1.82, 2.24) is 0 Å². The molecular formula is C17H21BO2. The van der Waals surface area contributed by atoms with Gasteiger partial charge < -0.3 is 9.31 Å². The van der Waals surface area contributed by atoms with E-state index in [2.05, 4.69) is 26.8 Å². The SMILES string of the molecule is CC1=C(/C=C/B2Oc3ccccc3O2)C(C)(C)CCC1. The second-order valence-electron chi connectivity index (χ2n) is 6.34. The minimum Gasteiger partial charge on any atom is -0.520 e. The zero-order valence-corrected chi connectivity index (χ0v) is 12.5. The van der Waals surface area contributed by atoms with Crippen molar-refractivity contribution >= 4 is 7.12 Å². The molecule has 3 heteroatoms. The van der Waals surface area contributed by atoms with Crippen LogP contribution in [-0.4, -0.2) is 7.12 Å². The molecule has 1 aromatic rings. The van der Waals surface area contributed by atoms with E-state index in [1.807, 2.05) is 30.2 Å². The molecule has 1 aromatic carbocycles. The fourth-order valence-electron chi connectivity index (χ4n) is 3.18. The first-order valence-corrected chi connectivity index (χ1v) is 7.37. The molecule has 20 heavy (non-hydrogen) atoms. The number of hydrogen-bond donors (Lipinski definition) is 0. The summed E-state index contributed by atoms with van der Waals surface area (Å²) < 4.78 is 11.5. The number of allylic oxidation sites excluding steroid dienone is 3. The van der Waals surface area contributed by atoms with Gasteiger partial charge in [-0.1, -0.05) is 37.6 Å². The molecule has 0 saturated carbocycles. The lowest BCUT2D eigenvalue weighted by Crippen LogP contribution is -2.23. The van der Waals surface area contributed by atoms with Crippen molar-refractivity contribution < 1.29 is 9.31 Å². The van der Waals surface area contributed by atoms with Crippen molar-refractivity contribution in [1.29, 1.82) is 0 Å². The predicted octanol–water partition coefficient (Wildman–Crippen LogP) is 4.57. The van der Waals surface area contributed by atoms with Crippen LogP contribution >= 0.6 is 0 Å². The van der Waals surface area contributed by atoms with Crippen LogP contribution in [0.2, 0.25) is 0 Å². The average Bonchev–Trinajstić information content (AvgIpc) is 2.80. The Hall–Kier alpha value is -1.64. The molecule has 0 aromatic heterocycles. The highest BCUT2D eigenvalue weighted by Gasteiger charge is 2.31. The zero-order valence-electron chi connectivity index (χ0n) is 12.5. The van der Waals surface area contributed by atoms with Crippen molar-refractivity contribution in [2.24, 2.45) is 5.41 Å². The van der Waals surface area contributed by atoms with E-state index < -0.39 is 0 Å². The van der Waals surface area contributed by atoms with Crippen LogP contribution in [0.1, 0.15) is 40.0 Å². The van der Waals surface area contributed by atoms with Gasteiger partial charge in [0.25, 0.3) is 0 Å². The van der Waals surface area contributed by atoms with E-state index in [4.69, 9.17) is 9.31 Å². The highest BCUT2D eigenvalue weighted by molar-refractivity contribution is 6.53. The Morgan fingerprint density at radius 1 is 1.15 bits per heavy atom. The van der Waals surface area contributed by atoms with Gasteiger partial charge in [0.2, 0.25) is 0 Å². The number of hydrogen-bond acceptors (Lipinski definition) is 2.